The topological polar surface area (TPSA) is 79.5 Å². The smallest absolute Gasteiger partial charge is 0.239 e. The summed E-state index contributed by atoms with van der Waals surface area (Å²) in [5.74, 6) is -0.247. The lowest BCUT2D eigenvalue weighted by molar-refractivity contribution is -0.129. The van der Waals surface area contributed by atoms with Crippen LogP contribution in [0, 0.1) is 0 Å². The average molecular weight is 368 g/mol. The van der Waals surface area contributed by atoms with Crippen molar-refractivity contribution in [2.24, 2.45) is 0 Å². The standard InChI is InChI=1S/C18H25N3O3.ClH/c1-3-12-4-5-15-14(10-12)13(17(22)21-15)6-7-20-18(23)16-11(2)24-9-8-19-16;/h4-5,10-11,13,16,19H,3,6-9H2,1-2H3,(H,20,23)(H,21,22);1H/t11-,13?,16+;/m1./s1. The third-order valence-corrected chi connectivity index (χ3v) is 4.81. The van der Waals surface area contributed by atoms with E-state index >= 15 is 0 Å². The molecule has 138 valence electrons. The number of hydrogen-bond acceptors (Lipinski definition) is 4. The van der Waals surface area contributed by atoms with Crippen LogP contribution >= 0.6 is 12.4 Å². The van der Waals surface area contributed by atoms with Crippen molar-refractivity contribution in [3.8, 4) is 0 Å². The molecule has 1 aromatic carbocycles. The van der Waals surface area contributed by atoms with Crippen molar-refractivity contribution in [3.05, 3.63) is 29.3 Å². The molecule has 3 rings (SSSR count). The molecule has 1 saturated heterocycles. The van der Waals surface area contributed by atoms with Crippen LogP contribution in [0.3, 0.4) is 0 Å². The van der Waals surface area contributed by atoms with Crippen molar-refractivity contribution >= 4 is 29.9 Å². The van der Waals surface area contributed by atoms with Crippen LogP contribution in [0.5, 0.6) is 0 Å². The number of carbonyl (C=O) groups is 2. The fourth-order valence-corrected chi connectivity index (χ4v) is 3.36. The molecule has 0 spiro atoms. The summed E-state index contributed by atoms with van der Waals surface area (Å²) in [4.78, 5) is 24.5. The van der Waals surface area contributed by atoms with Crippen LogP contribution in [0.2, 0.25) is 0 Å². The van der Waals surface area contributed by atoms with Crippen LogP contribution in [0.1, 0.15) is 37.3 Å². The first-order valence-electron chi connectivity index (χ1n) is 8.66. The summed E-state index contributed by atoms with van der Waals surface area (Å²) in [6.45, 7) is 5.77. The Kier molecular flexibility index (Phi) is 6.81. The number of fused-ring (bicyclic) bond motifs is 1. The molecule has 0 radical (unpaired) electrons. The molecule has 1 fully saturated rings. The number of amides is 2. The molecule has 0 bridgehead atoms. The summed E-state index contributed by atoms with van der Waals surface area (Å²) in [5.41, 5.74) is 3.15. The molecule has 6 nitrogen and oxygen atoms in total. The van der Waals surface area contributed by atoms with Crippen LogP contribution in [0.15, 0.2) is 18.2 Å². The number of nitrogens with one attached hydrogen (secondary N) is 3. The number of halogens is 1. The van der Waals surface area contributed by atoms with Gasteiger partial charge >= 0.3 is 0 Å². The zero-order chi connectivity index (χ0) is 17.1. The number of aryl methyl sites for hydroxylation is 1. The number of rotatable bonds is 5. The minimum absolute atomic E-state index is 0. The maximum atomic E-state index is 12.3. The molecule has 0 saturated carbocycles. The molecule has 2 aliphatic heterocycles. The van der Waals surface area contributed by atoms with Crippen molar-refractivity contribution in [1.29, 1.82) is 0 Å². The highest BCUT2D eigenvalue weighted by molar-refractivity contribution is 6.03. The second-order valence-electron chi connectivity index (χ2n) is 6.40. The molecular weight excluding hydrogens is 342 g/mol. The van der Waals surface area contributed by atoms with Crippen LogP contribution in [-0.4, -0.2) is 43.7 Å². The van der Waals surface area contributed by atoms with Gasteiger partial charge in [0.25, 0.3) is 0 Å². The van der Waals surface area contributed by atoms with E-state index in [1.165, 1.54) is 5.56 Å². The van der Waals surface area contributed by atoms with Gasteiger partial charge in [-0.3, -0.25) is 9.59 Å². The van der Waals surface area contributed by atoms with Crippen molar-refractivity contribution in [3.63, 3.8) is 0 Å². The number of hydrogen-bond donors (Lipinski definition) is 3. The Morgan fingerprint density at radius 2 is 2.20 bits per heavy atom. The molecule has 1 aromatic rings. The van der Waals surface area contributed by atoms with Crippen LogP contribution in [0.25, 0.3) is 0 Å². The lowest BCUT2D eigenvalue weighted by atomic mass is 9.95. The Bertz CT molecular complexity index is 638. The minimum Gasteiger partial charge on any atom is -0.375 e. The number of anilines is 1. The van der Waals surface area contributed by atoms with Gasteiger partial charge in [0, 0.05) is 18.8 Å². The molecule has 1 unspecified atom stereocenters. The number of morpholine rings is 1. The largest absolute Gasteiger partial charge is 0.375 e. The van der Waals surface area contributed by atoms with Gasteiger partial charge in [-0.25, -0.2) is 0 Å². The lowest BCUT2D eigenvalue weighted by Crippen LogP contribution is -2.55. The Hall–Kier alpha value is -1.63. The zero-order valence-electron chi connectivity index (χ0n) is 14.6. The molecule has 25 heavy (non-hydrogen) atoms. The summed E-state index contributed by atoms with van der Waals surface area (Å²) < 4.78 is 5.49. The second kappa shape index (κ2) is 8.65. The molecule has 2 amide bonds. The second-order valence-corrected chi connectivity index (χ2v) is 6.40. The Labute approximate surface area is 154 Å². The maximum absolute atomic E-state index is 12.3. The van der Waals surface area contributed by atoms with Crippen molar-refractivity contribution < 1.29 is 14.3 Å². The molecule has 0 aromatic heterocycles. The first kappa shape index (κ1) is 19.7. The summed E-state index contributed by atoms with van der Waals surface area (Å²) in [5, 5.41) is 9.02. The molecule has 2 aliphatic rings. The predicted molar refractivity (Wildman–Crippen MR) is 99.3 cm³/mol. The molecule has 0 aliphatic carbocycles. The molecule has 7 heteroatoms. The fraction of sp³-hybridized carbons (Fsp3) is 0.556. The number of benzene rings is 1. The average Bonchev–Trinajstić information content (AvgIpc) is 2.90. The van der Waals surface area contributed by atoms with Gasteiger partial charge in [-0.15, -0.1) is 12.4 Å². The van der Waals surface area contributed by atoms with E-state index in [0.717, 1.165) is 17.7 Å². The van der Waals surface area contributed by atoms with E-state index in [9.17, 15) is 9.59 Å². The highest BCUT2D eigenvalue weighted by atomic mass is 35.5. The first-order valence-corrected chi connectivity index (χ1v) is 8.66. The van der Waals surface area contributed by atoms with Crippen LogP contribution < -0.4 is 16.0 Å². The highest BCUT2D eigenvalue weighted by Gasteiger charge is 2.31. The van der Waals surface area contributed by atoms with Gasteiger partial charge in [0.15, 0.2) is 0 Å². The van der Waals surface area contributed by atoms with E-state index in [1.54, 1.807) is 0 Å². The normalized spacial score (nSPS) is 24.9. The van der Waals surface area contributed by atoms with Gasteiger partial charge in [0.05, 0.1) is 18.6 Å². The van der Waals surface area contributed by atoms with E-state index < -0.39 is 0 Å². The summed E-state index contributed by atoms with van der Waals surface area (Å²) in [6, 6.07) is 5.78. The van der Waals surface area contributed by atoms with E-state index in [-0.39, 0.29) is 42.3 Å². The third-order valence-electron chi connectivity index (χ3n) is 4.81. The Balaban J connectivity index is 0.00000225. The quantitative estimate of drug-likeness (QED) is 0.738. The summed E-state index contributed by atoms with van der Waals surface area (Å²) in [6.07, 6.45) is 1.40. The van der Waals surface area contributed by atoms with E-state index in [4.69, 9.17) is 4.74 Å². The van der Waals surface area contributed by atoms with Gasteiger partial charge in [-0.2, -0.15) is 0 Å². The number of carbonyl (C=O) groups excluding carboxylic acids is 2. The van der Waals surface area contributed by atoms with E-state index in [1.807, 2.05) is 19.1 Å². The summed E-state index contributed by atoms with van der Waals surface area (Å²) >= 11 is 0. The SMILES string of the molecule is CCc1ccc2c(c1)C(CCNC(=O)[C@H]1NCCO[C@@H]1C)C(=O)N2.Cl. The van der Waals surface area contributed by atoms with Gasteiger partial charge in [-0.1, -0.05) is 19.1 Å². The van der Waals surface area contributed by atoms with Crippen molar-refractivity contribution in [2.75, 3.05) is 25.0 Å². The molecule has 3 atom stereocenters. The van der Waals surface area contributed by atoms with Crippen LogP contribution in [0.4, 0.5) is 5.69 Å². The zero-order valence-corrected chi connectivity index (χ0v) is 15.4. The molecule has 3 N–H and O–H groups in total. The monoisotopic (exact) mass is 367 g/mol. The van der Waals surface area contributed by atoms with Crippen molar-refractivity contribution in [2.45, 2.75) is 44.8 Å². The number of ether oxygens (including phenoxy) is 1. The van der Waals surface area contributed by atoms with Gasteiger partial charge in [0.2, 0.25) is 11.8 Å². The van der Waals surface area contributed by atoms with E-state index in [2.05, 4.69) is 28.9 Å². The van der Waals surface area contributed by atoms with Gasteiger partial charge in [-0.05, 0) is 37.0 Å². The fourth-order valence-electron chi connectivity index (χ4n) is 3.36. The van der Waals surface area contributed by atoms with Gasteiger partial charge in [0.1, 0.15) is 6.04 Å². The maximum Gasteiger partial charge on any atom is 0.239 e. The molecule has 2 heterocycles. The first-order chi connectivity index (χ1) is 11.6. The van der Waals surface area contributed by atoms with Crippen LogP contribution in [-0.2, 0) is 20.7 Å². The minimum atomic E-state index is -0.324. The molecular formula is C18H26ClN3O3. The van der Waals surface area contributed by atoms with Crippen molar-refractivity contribution in [1.82, 2.24) is 10.6 Å². The summed E-state index contributed by atoms with van der Waals surface area (Å²) in [7, 11) is 0. The lowest BCUT2D eigenvalue weighted by Gasteiger charge is -2.29. The third kappa shape index (κ3) is 4.32. The van der Waals surface area contributed by atoms with Gasteiger partial charge < -0.3 is 20.7 Å². The Morgan fingerprint density at radius 3 is 2.92 bits per heavy atom. The van der Waals surface area contributed by atoms with E-state index in [0.29, 0.717) is 26.1 Å². The highest BCUT2D eigenvalue weighted by Crippen LogP contribution is 2.35. The predicted octanol–water partition coefficient (Wildman–Crippen LogP) is 1.59. The Morgan fingerprint density at radius 1 is 1.40 bits per heavy atom.